The zero-order chi connectivity index (χ0) is 14.4. The van der Waals surface area contributed by atoms with Gasteiger partial charge in [0.05, 0.1) is 6.61 Å². The first-order valence-corrected chi connectivity index (χ1v) is 7.03. The number of hydrogen-bond acceptors (Lipinski definition) is 2. The molecule has 0 spiro atoms. The fourth-order valence-corrected chi connectivity index (χ4v) is 2.24. The van der Waals surface area contributed by atoms with Gasteiger partial charge in [0, 0.05) is 17.0 Å². The van der Waals surface area contributed by atoms with Gasteiger partial charge in [-0.25, -0.2) is 0 Å². The minimum Gasteiger partial charge on any atom is -0.493 e. The number of benzene rings is 2. The van der Waals surface area contributed by atoms with Crippen molar-refractivity contribution < 1.29 is 9.53 Å². The van der Waals surface area contributed by atoms with Gasteiger partial charge in [-0.1, -0.05) is 44.2 Å². The molecule has 2 aromatic carbocycles. The molecule has 0 fully saturated rings. The molecule has 0 saturated carbocycles. The van der Waals surface area contributed by atoms with Crippen LogP contribution in [0.3, 0.4) is 0 Å². The summed E-state index contributed by atoms with van der Waals surface area (Å²) >= 11 is 0. The van der Waals surface area contributed by atoms with Gasteiger partial charge >= 0.3 is 0 Å². The van der Waals surface area contributed by atoms with E-state index in [0.29, 0.717) is 12.2 Å². The summed E-state index contributed by atoms with van der Waals surface area (Å²) in [6, 6.07) is 15.9. The van der Waals surface area contributed by atoms with Crippen LogP contribution < -0.4 is 4.74 Å². The van der Waals surface area contributed by atoms with Crippen molar-refractivity contribution in [2.45, 2.75) is 26.2 Å². The van der Waals surface area contributed by atoms with Gasteiger partial charge in [-0.05, 0) is 30.2 Å². The Morgan fingerprint density at radius 1 is 1.15 bits per heavy atom. The summed E-state index contributed by atoms with van der Waals surface area (Å²) < 4.78 is 5.81. The first-order chi connectivity index (χ1) is 9.76. The van der Waals surface area contributed by atoms with E-state index in [4.69, 9.17) is 4.74 Å². The summed E-state index contributed by atoms with van der Waals surface area (Å²) in [5, 5.41) is 0. The largest absolute Gasteiger partial charge is 0.493 e. The predicted molar refractivity (Wildman–Crippen MR) is 81.6 cm³/mol. The van der Waals surface area contributed by atoms with Gasteiger partial charge in [0.1, 0.15) is 12.0 Å². The van der Waals surface area contributed by atoms with Crippen LogP contribution in [0.25, 0.3) is 0 Å². The molecule has 0 aliphatic carbocycles. The molecule has 0 saturated heterocycles. The minimum atomic E-state index is 0.197. The number of hydrogen-bond donors (Lipinski definition) is 0. The monoisotopic (exact) mass is 268 g/mol. The van der Waals surface area contributed by atoms with Crippen molar-refractivity contribution in [3.63, 3.8) is 0 Å². The summed E-state index contributed by atoms with van der Waals surface area (Å²) in [5.74, 6) is 1.07. The molecular weight excluding hydrogens is 248 g/mol. The summed E-state index contributed by atoms with van der Waals surface area (Å²) in [7, 11) is 0. The SMILES string of the molecule is CCCOc1ccc(C=O)cc1C(C)c1ccccc1. The van der Waals surface area contributed by atoms with Gasteiger partial charge in [-0.3, -0.25) is 4.79 Å². The fourth-order valence-electron chi connectivity index (χ4n) is 2.24. The van der Waals surface area contributed by atoms with Crippen LogP contribution in [0.15, 0.2) is 48.5 Å². The molecule has 0 radical (unpaired) electrons. The molecule has 0 heterocycles. The molecule has 0 aliphatic rings. The maximum Gasteiger partial charge on any atom is 0.150 e. The molecule has 2 aromatic rings. The van der Waals surface area contributed by atoms with Gasteiger partial charge < -0.3 is 4.74 Å². The Labute approximate surface area is 120 Å². The van der Waals surface area contributed by atoms with Crippen molar-refractivity contribution in [1.29, 1.82) is 0 Å². The average molecular weight is 268 g/mol. The van der Waals surface area contributed by atoms with Crippen LogP contribution in [0.4, 0.5) is 0 Å². The highest BCUT2D eigenvalue weighted by Gasteiger charge is 2.14. The van der Waals surface area contributed by atoms with Crippen LogP contribution in [-0.4, -0.2) is 12.9 Å². The Hall–Kier alpha value is -2.09. The lowest BCUT2D eigenvalue weighted by Gasteiger charge is -2.18. The molecule has 2 rings (SSSR count). The molecule has 2 nitrogen and oxygen atoms in total. The first-order valence-electron chi connectivity index (χ1n) is 7.03. The van der Waals surface area contributed by atoms with E-state index in [2.05, 4.69) is 26.0 Å². The molecule has 0 amide bonds. The van der Waals surface area contributed by atoms with Crippen LogP contribution in [-0.2, 0) is 0 Å². The summed E-state index contributed by atoms with van der Waals surface area (Å²) in [5.41, 5.74) is 2.97. The predicted octanol–water partition coefficient (Wildman–Crippen LogP) is 4.44. The van der Waals surface area contributed by atoms with Crippen LogP contribution in [0.1, 0.15) is 47.7 Å². The zero-order valence-corrected chi connectivity index (χ0v) is 12.0. The van der Waals surface area contributed by atoms with Gasteiger partial charge in [0.25, 0.3) is 0 Å². The molecule has 104 valence electrons. The molecule has 0 bridgehead atoms. The van der Waals surface area contributed by atoms with Gasteiger partial charge in [-0.2, -0.15) is 0 Å². The highest BCUT2D eigenvalue weighted by molar-refractivity contribution is 5.76. The topological polar surface area (TPSA) is 26.3 Å². The number of carbonyl (C=O) groups is 1. The Kier molecular flexibility index (Phi) is 4.94. The number of ether oxygens (including phenoxy) is 1. The third kappa shape index (κ3) is 3.27. The second-order valence-electron chi connectivity index (χ2n) is 4.90. The van der Waals surface area contributed by atoms with Crippen LogP contribution >= 0.6 is 0 Å². The van der Waals surface area contributed by atoms with Gasteiger partial charge in [-0.15, -0.1) is 0 Å². The Morgan fingerprint density at radius 3 is 2.55 bits per heavy atom. The van der Waals surface area contributed by atoms with E-state index in [1.54, 1.807) is 6.07 Å². The van der Waals surface area contributed by atoms with E-state index >= 15 is 0 Å². The van der Waals surface area contributed by atoms with Crippen molar-refractivity contribution in [3.8, 4) is 5.75 Å². The third-order valence-electron chi connectivity index (χ3n) is 3.40. The summed E-state index contributed by atoms with van der Waals surface area (Å²) in [4.78, 5) is 11.0. The lowest BCUT2D eigenvalue weighted by Crippen LogP contribution is -2.04. The van der Waals surface area contributed by atoms with E-state index < -0.39 is 0 Å². The number of carbonyl (C=O) groups excluding carboxylic acids is 1. The van der Waals surface area contributed by atoms with Crippen molar-refractivity contribution in [3.05, 3.63) is 65.2 Å². The maximum atomic E-state index is 11.0. The van der Waals surface area contributed by atoms with E-state index in [-0.39, 0.29) is 5.92 Å². The van der Waals surface area contributed by atoms with Crippen molar-refractivity contribution in [1.82, 2.24) is 0 Å². The fraction of sp³-hybridized carbons (Fsp3) is 0.278. The zero-order valence-electron chi connectivity index (χ0n) is 12.0. The smallest absolute Gasteiger partial charge is 0.150 e. The van der Waals surface area contributed by atoms with E-state index in [1.165, 1.54) is 5.56 Å². The third-order valence-corrected chi connectivity index (χ3v) is 3.40. The highest BCUT2D eigenvalue weighted by Crippen LogP contribution is 2.32. The highest BCUT2D eigenvalue weighted by atomic mass is 16.5. The number of rotatable bonds is 6. The Morgan fingerprint density at radius 2 is 1.90 bits per heavy atom. The molecule has 2 heteroatoms. The summed E-state index contributed by atoms with van der Waals surface area (Å²) in [6.07, 6.45) is 1.85. The van der Waals surface area contributed by atoms with Crippen molar-refractivity contribution in [2.24, 2.45) is 0 Å². The summed E-state index contributed by atoms with van der Waals surface area (Å²) in [6.45, 7) is 4.91. The van der Waals surface area contributed by atoms with Gasteiger partial charge in [0.2, 0.25) is 0 Å². The molecule has 0 N–H and O–H groups in total. The Balaban J connectivity index is 2.38. The molecular formula is C18H20O2. The second-order valence-corrected chi connectivity index (χ2v) is 4.90. The van der Waals surface area contributed by atoms with Crippen LogP contribution in [0.5, 0.6) is 5.75 Å². The van der Waals surface area contributed by atoms with E-state index in [9.17, 15) is 4.79 Å². The lowest BCUT2D eigenvalue weighted by molar-refractivity contribution is 0.112. The molecule has 1 atom stereocenters. The molecule has 20 heavy (non-hydrogen) atoms. The molecule has 0 aromatic heterocycles. The van der Waals surface area contributed by atoms with E-state index in [0.717, 1.165) is 24.0 Å². The Bertz CT molecular complexity index is 561. The molecule has 0 aliphatic heterocycles. The first kappa shape index (κ1) is 14.3. The minimum absolute atomic E-state index is 0.197. The standard InChI is InChI=1S/C18H20O2/c1-3-11-20-18-10-9-15(13-19)12-17(18)14(2)16-7-5-4-6-8-16/h4-10,12-14H,3,11H2,1-2H3. The van der Waals surface area contributed by atoms with Crippen LogP contribution in [0.2, 0.25) is 0 Å². The van der Waals surface area contributed by atoms with Crippen LogP contribution in [0, 0.1) is 0 Å². The van der Waals surface area contributed by atoms with Crippen molar-refractivity contribution >= 4 is 6.29 Å². The maximum absolute atomic E-state index is 11.0. The van der Waals surface area contributed by atoms with Crippen molar-refractivity contribution in [2.75, 3.05) is 6.61 Å². The quantitative estimate of drug-likeness (QED) is 0.724. The average Bonchev–Trinajstić information content (AvgIpc) is 2.53. The lowest BCUT2D eigenvalue weighted by atomic mass is 9.91. The second kappa shape index (κ2) is 6.90. The number of aldehydes is 1. The van der Waals surface area contributed by atoms with Gasteiger partial charge in [0.15, 0.2) is 0 Å². The van der Waals surface area contributed by atoms with E-state index in [1.807, 2.05) is 30.3 Å². The molecule has 1 unspecified atom stereocenters. The normalized spacial score (nSPS) is 11.9.